The van der Waals surface area contributed by atoms with Gasteiger partial charge in [-0.2, -0.15) is 5.10 Å². The van der Waals surface area contributed by atoms with Gasteiger partial charge in [0.1, 0.15) is 7.11 Å². The summed E-state index contributed by atoms with van der Waals surface area (Å²) in [6.45, 7) is 1.94. The van der Waals surface area contributed by atoms with E-state index in [1.165, 1.54) is 13.2 Å². The van der Waals surface area contributed by atoms with Crippen LogP contribution in [0.25, 0.3) is 0 Å². The molecule has 0 saturated heterocycles. The molecule has 8 nitrogen and oxygen atoms in total. The number of hydrogen-bond acceptors (Lipinski definition) is 7. The Bertz CT molecular complexity index is 387. The van der Waals surface area contributed by atoms with Crippen molar-refractivity contribution in [3.63, 3.8) is 0 Å². The van der Waals surface area contributed by atoms with E-state index in [0.717, 1.165) is 0 Å². The second kappa shape index (κ2) is 5.71. The summed E-state index contributed by atoms with van der Waals surface area (Å²) in [5, 5.41) is 9.91. The summed E-state index contributed by atoms with van der Waals surface area (Å²) < 4.78 is 4.80. The minimum absolute atomic E-state index is 0.00153. The number of nitrogens with two attached hydrogens (primary N) is 1. The van der Waals surface area contributed by atoms with Gasteiger partial charge in [-0.25, -0.2) is 10.6 Å². The zero-order chi connectivity index (χ0) is 12.0. The highest BCUT2D eigenvalue weighted by Crippen LogP contribution is 2.06. The highest BCUT2D eigenvalue weighted by molar-refractivity contribution is 6.42. The molecule has 0 aromatic carbocycles. The summed E-state index contributed by atoms with van der Waals surface area (Å²) in [5.74, 6) is 4.93. The molecule has 1 aromatic heterocycles. The second-order valence-corrected chi connectivity index (χ2v) is 2.65. The number of nitrogens with one attached hydrogen (secondary N) is 2. The molecule has 0 amide bonds. The quantitative estimate of drug-likeness (QED) is 0.273. The molecule has 8 heteroatoms. The van der Waals surface area contributed by atoms with Crippen molar-refractivity contribution in [3.8, 4) is 0 Å². The lowest BCUT2D eigenvalue weighted by Gasteiger charge is -2.02. The predicted octanol–water partition coefficient (Wildman–Crippen LogP) is -0.391. The molecule has 0 unspecified atom stereocenters. The van der Waals surface area contributed by atoms with Crippen molar-refractivity contribution in [2.45, 2.75) is 6.92 Å². The van der Waals surface area contributed by atoms with Gasteiger partial charge in [0.15, 0.2) is 5.82 Å². The van der Waals surface area contributed by atoms with E-state index in [2.05, 4.69) is 25.6 Å². The number of aromatic amines is 1. The first-order valence-electron chi connectivity index (χ1n) is 4.53. The molecule has 0 radical (unpaired) electrons. The van der Waals surface area contributed by atoms with Gasteiger partial charge in [0, 0.05) is 6.07 Å². The number of aromatic nitrogens is 2. The number of hydrogen-bond donors (Lipinski definition) is 3. The lowest BCUT2D eigenvalue weighted by atomic mass is 10.3. The van der Waals surface area contributed by atoms with Gasteiger partial charge in [-0.3, -0.25) is 5.10 Å². The first kappa shape index (κ1) is 12.0. The van der Waals surface area contributed by atoms with Crippen LogP contribution in [-0.2, 0) is 14.4 Å². The summed E-state index contributed by atoms with van der Waals surface area (Å²) in [4.78, 5) is 16.1. The zero-order valence-corrected chi connectivity index (χ0v) is 8.98. The topological polar surface area (TPSA) is 115 Å². The van der Waals surface area contributed by atoms with Crippen LogP contribution in [-0.4, -0.2) is 35.6 Å². The summed E-state index contributed by atoms with van der Waals surface area (Å²) >= 11 is 0. The Morgan fingerprint density at radius 3 is 3.00 bits per heavy atom. The zero-order valence-electron chi connectivity index (χ0n) is 8.98. The molecule has 16 heavy (non-hydrogen) atoms. The van der Waals surface area contributed by atoms with E-state index in [1.54, 1.807) is 6.92 Å². The largest absolute Gasteiger partial charge is 0.461 e. The van der Waals surface area contributed by atoms with Crippen LogP contribution < -0.4 is 11.3 Å². The summed E-state index contributed by atoms with van der Waals surface area (Å²) in [7, 11) is 1.33. The molecule has 0 aliphatic heterocycles. The molecular formula is C8H13N5O3. The molecule has 1 rings (SSSR count). The monoisotopic (exact) mass is 227 g/mol. The Morgan fingerprint density at radius 1 is 1.75 bits per heavy atom. The van der Waals surface area contributed by atoms with E-state index in [0.29, 0.717) is 11.5 Å². The fourth-order valence-electron chi connectivity index (χ4n) is 1.00. The average molecular weight is 227 g/mol. The van der Waals surface area contributed by atoms with E-state index < -0.39 is 5.97 Å². The number of anilines is 1. The third-order valence-corrected chi connectivity index (χ3v) is 1.63. The molecule has 88 valence electrons. The Labute approximate surface area is 91.8 Å². The fourth-order valence-corrected chi connectivity index (χ4v) is 1.00. The number of oxime groups is 1. The van der Waals surface area contributed by atoms with Crippen LogP contribution in [0.15, 0.2) is 11.2 Å². The maximum Gasteiger partial charge on any atom is 0.362 e. The van der Waals surface area contributed by atoms with Crippen LogP contribution in [0.3, 0.4) is 0 Å². The summed E-state index contributed by atoms with van der Waals surface area (Å²) in [5.41, 5.74) is 2.68. The standard InChI is InChI=1S/C8H13N5O3/c1-3-16-8(14)7(13-15-2)5-4-6(10-9)12-11-5/h4H,3,9H2,1-2H3,(H2,10,11,12). The fraction of sp³-hybridized carbons (Fsp3) is 0.375. The summed E-state index contributed by atoms with van der Waals surface area (Å²) in [6.07, 6.45) is 0. The van der Waals surface area contributed by atoms with Crippen molar-refractivity contribution in [3.05, 3.63) is 11.8 Å². The average Bonchev–Trinajstić information content (AvgIpc) is 2.74. The highest BCUT2D eigenvalue weighted by Gasteiger charge is 2.18. The SMILES string of the molecule is CCOC(=O)C(=NOC)c1cc(NN)n[nH]1. The van der Waals surface area contributed by atoms with Crippen LogP contribution in [0.1, 0.15) is 12.6 Å². The van der Waals surface area contributed by atoms with Crippen LogP contribution in [0.4, 0.5) is 5.82 Å². The molecule has 0 spiro atoms. The van der Waals surface area contributed by atoms with Crippen molar-refractivity contribution < 1.29 is 14.4 Å². The van der Waals surface area contributed by atoms with Crippen molar-refractivity contribution in [1.29, 1.82) is 0 Å². The minimum atomic E-state index is -0.600. The molecule has 0 saturated carbocycles. The molecule has 4 N–H and O–H groups in total. The van der Waals surface area contributed by atoms with Crippen LogP contribution in [0.2, 0.25) is 0 Å². The lowest BCUT2D eigenvalue weighted by molar-refractivity contribution is -0.135. The lowest BCUT2D eigenvalue weighted by Crippen LogP contribution is -2.19. The van der Waals surface area contributed by atoms with Crippen LogP contribution in [0, 0.1) is 0 Å². The van der Waals surface area contributed by atoms with Crippen LogP contribution in [0.5, 0.6) is 0 Å². The Balaban J connectivity index is 2.94. The maximum atomic E-state index is 11.5. The first-order valence-corrected chi connectivity index (χ1v) is 4.53. The summed E-state index contributed by atoms with van der Waals surface area (Å²) in [6, 6.07) is 1.51. The third-order valence-electron chi connectivity index (χ3n) is 1.63. The molecule has 1 aromatic rings. The highest BCUT2D eigenvalue weighted by atomic mass is 16.6. The molecule has 1 heterocycles. The van der Waals surface area contributed by atoms with Crippen molar-refractivity contribution in [2.75, 3.05) is 19.1 Å². The van der Waals surface area contributed by atoms with Gasteiger partial charge in [-0.05, 0) is 6.92 Å². The molecule has 0 fully saturated rings. The normalized spacial score (nSPS) is 11.1. The first-order chi connectivity index (χ1) is 7.72. The van der Waals surface area contributed by atoms with Gasteiger partial charge in [0.25, 0.3) is 0 Å². The van der Waals surface area contributed by atoms with Gasteiger partial charge < -0.3 is 15.0 Å². The number of carbonyl (C=O) groups excluding carboxylic acids is 1. The van der Waals surface area contributed by atoms with Crippen molar-refractivity contribution in [1.82, 2.24) is 10.2 Å². The predicted molar refractivity (Wildman–Crippen MR) is 56.6 cm³/mol. The number of H-pyrrole nitrogens is 1. The molecular weight excluding hydrogens is 214 g/mol. The number of nitrogens with zero attached hydrogens (tertiary/aromatic N) is 2. The number of ether oxygens (including phenoxy) is 1. The van der Waals surface area contributed by atoms with E-state index in [4.69, 9.17) is 10.6 Å². The molecule has 0 aliphatic rings. The van der Waals surface area contributed by atoms with Gasteiger partial charge >= 0.3 is 5.97 Å². The van der Waals surface area contributed by atoms with Crippen LogP contribution >= 0.6 is 0 Å². The third kappa shape index (κ3) is 2.70. The van der Waals surface area contributed by atoms with E-state index in [1.807, 2.05) is 0 Å². The Kier molecular flexibility index (Phi) is 4.28. The maximum absolute atomic E-state index is 11.5. The van der Waals surface area contributed by atoms with Gasteiger partial charge in [-0.1, -0.05) is 5.16 Å². The second-order valence-electron chi connectivity index (χ2n) is 2.65. The number of rotatable bonds is 5. The molecule has 0 aliphatic carbocycles. The van der Waals surface area contributed by atoms with Gasteiger partial charge in [-0.15, -0.1) is 0 Å². The van der Waals surface area contributed by atoms with Crippen molar-refractivity contribution in [2.24, 2.45) is 11.0 Å². The van der Waals surface area contributed by atoms with Gasteiger partial charge in [0.05, 0.1) is 12.3 Å². The molecule has 0 atom stereocenters. The number of esters is 1. The van der Waals surface area contributed by atoms with E-state index in [-0.39, 0.29) is 12.3 Å². The number of carbonyl (C=O) groups is 1. The van der Waals surface area contributed by atoms with Crippen molar-refractivity contribution >= 4 is 17.5 Å². The minimum Gasteiger partial charge on any atom is -0.461 e. The van der Waals surface area contributed by atoms with Gasteiger partial charge in [0.2, 0.25) is 5.71 Å². The Hall–Kier alpha value is -2.09. The number of hydrazine groups is 1. The van der Waals surface area contributed by atoms with E-state index >= 15 is 0 Å². The smallest absolute Gasteiger partial charge is 0.362 e. The van der Waals surface area contributed by atoms with E-state index in [9.17, 15) is 4.79 Å². The molecule has 0 bridgehead atoms. The Morgan fingerprint density at radius 2 is 2.50 bits per heavy atom. The number of nitrogen functional groups attached to an aromatic ring is 1.